The van der Waals surface area contributed by atoms with Crippen molar-refractivity contribution in [2.45, 2.75) is 16.7 Å². The third kappa shape index (κ3) is 4.45. The van der Waals surface area contributed by atoms with Crippen LogP contribution in [-0.4, -0.2) is 29.1 Å². The lowest BCUT2D eigenvalue weighted by molar-refractivity contribution is -0.117. The molecule has 1 aliphatic carbocycles. The zero-order valence-corrected chi connectivity index (χ0v) is 19.3. The Hall–Kier alpha value is -1.01. The van der Waals surface area contributed by atoms with Gasteiger partial charge in [0.05, 0.1) is 10.9 Å². The van der Waals surface area contributed by atoms with E-state index in [4.69, 9.17) is 58.0 Å². The second kappa shape index (κ2) is 8.50. The van der Waals surface area contributed by atoms with E-state index in [2.05, 4.69) is 10.6 Å². The lowest BCUT2D eigenvalue weighted by atomic mass is 9.93. The fourth-order valence-corrected chi connectivity index (χ4v) is 5.32. The van der Waals surface area contributed by atoms with Crippen LogP contribution in [0.2, 0.25) is 15.1 Å². The van der Waals surface area contributed by atoms with Crippen molar-refractivity contribution in [1.82, 2.24) is 5.32 Å². The molecule has 1 aliphatic heterocycles. The Kier molecular flexibility index (Phi) is 6.28. The first kappa shape index (κ1) is 22.2. The van der Waals surface area contributed by atoms with Gasteiger partial charge in [-0.3, -0.25) is 9.59 Å². The van der Waals surface area contributed by atoms with E-state index in [1.54, 1.807) is 36.4 Å². The number of benzene rings is 2. The molecule has 1 heterocycles. The molecule has 1 saturated heterocycles. The van der Waals surface area contributed by atoms with Gasteiger partial charge in [-0.25, -0.2) is 0 Å². The monoisotopic (exact) mass is 504 g/mol. The van der Waals surface area contributed by atoms with Crippen molar-refractivity contribution < 1.29 is 9.59 Å². The summed E-state index contributed by atoms with van der Waals surface area (Å²) in [6.45, 7) is 1.65. The number of alkyl halides is 2. The lowest BCUT2D eigenvalue weighted by Crippen LogP contribution is -2.42. The van der Waals surface area contributed by atoms with Gasteiger partial charge in [-0.15, -0.1) is 23.2 Å². The normalized spacial score (nSPS) is 22.3. The molecule has 2 atom stereocenters. The molecule has 4 rings (SSSR count). The summed E-state index contributed by atoms with van der Waals surface area (Å²) in [7, 11) is 0. The van der Waals surface area contributed by atoms with Gasteiger partial charge in [0, 0.05) is 33.6 Å². The van der Waals surface area contributed by atoms with Crippen LogP contribution in [0.5, 0.6) is 0 Å². The Balaban J connectivity index is 1.49. The van der Waals surface area contributed by atoms with Gasteiger partial charge in [0.15, 0.2) is 5.78 Å². The highest BCUT2D eigenvalue weighted by atomic mass is 35.5. The second-order valence-corrected chi connectivity index (χ2v) is 10.4. The Morgan fingerprint density at radius 1 is 1.03 bits per heavy atom. The summed E-state index contributed by atoms with van der Waals surface area (Å²) >= 11 is 31.1. The van der Waals surface area contributed by atoms with E-state index < -0.39 is 16.2 Å². The first-order chi connectivity index (χ1) is 14.2. The molecule has 2 aliphatic rings. The molecule has 2 fully saturated rings. The summed E-state index contributed by atoms with van der Waals surface area (Å²) < 4.78 is -1.28. The van der Waals surface area contributed by atoms with E-state index in [1.807, 2.05) is 0 Å². The highest BCUT2D eigenvalue weighted by Gasteiger charge is 2.67. The molecule has 9 heteroatoms. The van der Waals surface area contributed by atoms with Crippen LogP contribution in [-0.2, 0) is 4.79 Å². The van der Waals surface area contributed by atoms with E-state index >= 15 is 0 Å². The van der Waals surface area contributed by atoms with Gasteiger partial charge in [-0.1, -0.05) is 34.8 Å². The number of hydrogen-bond donors (Lipinski definition) is 2. The Bertz CT molecular complexity index is 1000. The largest absolute Gasteiger partial charge is 0.326 e. The molecule has 0 aromatic heterocycles. The number of nitrogens with one attached hydrogen (secondary N) is 2. The number of Topliss-reactive ketones (excluding diaryl/α,β-unsaturated/α-hetero) is 1. The summed E-state index contributed by atoms with van der Waals surface area (Å²) in [6, 6.07) is 9.81. The van der Waals surface area contributed by atoms with Crippen molar-refractivity contribution in [2.75, 3.05) is 18.4 Å². The highest BCUT2D eigenvalue weighted by molar-refractivity contribution is 6.53. The number of ketones is 1. The van der Waals surface area contributed by atoms with Crippen LogP contribution < -0.4 is 10.6 Å². The molecule has 4 nitrogen and oxygen atoms in total. The zero-order valence-electron chi connectivity index (χ0n) is 15.5. The number of amides is 1. The van der Waals surface area contributed by atoms with Crippen LogP contribution in [0.15, 0.2) is 36.4 Å². The molecule has 2 aromatic rings. The molecule has 2 unspecified atom stereocenters. The molecular weight excluding hydrogens is 490 g/mol. The summed E-state index contributed by atoms with van der Waals surface area (Å²) in [5.74, 6) is -1.23. The van der Waals surface area contributed by atoms with Gasteiger partial charge < -0.3 is 10.6 Å². The van der Waals surface area contributed by atoms with Crippen LogP contribution in [0, 0.1) is 11.8 Å². The van der Waals surface area contributed by atoms with Gasteiger partial charge in [0.2, 0.25) is 5.91 Å². The molecule has 1 amide bonds. The maximum atomic E-state index is 12.9. The van der Waals surface area contributed by atoms with Crippen molar-refractivity contribution in [1.29, 1.82) is 0 Å². The van der Waals surface area contributed by atoms with Gasteiger partial charge in [0.1, 0.15) is 4.33 Å². The topological polar surface area (TPSA) is 58.2 Å². The lowest BCUT2D eigenvalue weighted by Gasteiger charge is -2.26. The third-order valence-corrected chi connectivity index (χ3v) is 7.16. The molecule has 2 N–H and O–H groups in total. The summed E-state index contributed by atoms with van der Waals surface area (Å²) in [4.78, 5) is 25.4. The molecular formula is C21H17Cl5N2O2. The average Bonchev–Trinajstić information content (AvgIpc) is 3.21. The third-order valence-electron chi connectivity index (χ3n) is 5.45. The van der Waals surface area contributed by atoms with Crippen LogP contribution in [0.1, 0.15) is 28.3 Å². The Morgan fingerprint density at radius 2 is 1.70 bits per heavy atom. The summed E-state index contributed by atoms with van der Waals surface area (Å²) in [5.41, 5.74) is 1.54. The zero-order chi connectivity index (χ0) is 21.6. The van der Waals surface area contributed by atoms with Crippen LogP contribution >= 0.6 is 58.0 Å². The summed E-state index contributed by atoms with van der Waals surface area (Å²) in [5, 5.41) is 7.17. The first-order valence-electron chi connectivity index (χ1n) is 9.35. The predicted molar refractivity (Wildman–Crippen MR) is 123 cm³/mol. The number of rotatable bonds is 6. The quantitative estimate of drug-likeness (QED) is 0.375. The van der Waals surface area contributed by atoms with Crippen molar-refractivity contribution in [2.24, 2.45) is 11.8 Å². The average molecular weight is 507 g/mol. The Morgan fingerprint density at radius 3 is 2.30 bits per heavy atom. The minimum absolute atomic E-state index is 0.0514. The minimum atomic E-state index is -1.28. The number of anilines is 1. The van der Waals surface area contributed by atoms with Crippen LogP contribution in [0.4, 0.5) is 5.69 Å². The fraction of sp³-hybridized carbons (Fsp3) is 0.333. The van der Waals surface area contributed by atoms with Crippen molar-refractivity contribution >= 4 is 75.4 Å². The first-order valence-corrected chi connectivity index (χ1v) is 11.2. The number of halogens is 5. The van der Waals surface area contributed by atoms with Gasteiger partial charge in [-0.05, 0) is 61.0 Å². The number of hydrogen-bond acceptors (Lipinski definition) is 3. The SMILES string of the molecule is O=C(CC1CNC1)c1cc(NC(=O)C2C(c3cc(Cl)cc(Cl)c3)C2(Cl)Cl)ccc1Cl. The van der Waals surface area contributed by atoms with E-state index in [9.17, 15) is 9.59 Å². The van der Waals surface area contributed by atoms with E-state index in [0.717, 1.165) is 13.1 Å². The highest BCUT2D eigenvalue weighted by Crippen LogP contribution is 2.65. The van der Waals surface area contributed by atoms with Crippen molar-refractivity contribution in [3.8, 4) is 0 Å². The van der Waals surface area contributed by atoms with Crippen LogP contribution in [0.25, 0.3) is 0 Å². The van der Waals surface area contributed by atoms with Crippen molar-refractivity contribution in [3.63, 3.8) is 0 Å². The standard InChI is InChI=1S/C21H17Cl5N2O2/c22-12-4-11(5-13(23)6-12)18-19(21(18,25)26)20(30)28-14-1-2-16(24)15(7-14)17(29)3-10-8-27-9-10/h1-2,4-7,10,18-19,27H,3,8-9H2,(H,28,30). The molecule has 1 saturated carbocycles. The number of carbonyl (C=O) groups is 2. The summed E-state index contributed by atoms with van der Waals surface area (Å²) in [6.07, 6.45) is 0.414. The molecule has 0 bridgehead atoms. The van der Waals surface area contributed by atoms with Gasteiger partial charge >= 0.3 is 0 Å². The minimum Gasteiger partial charge on any atom is -0.326 e. The van der Waals surface area contributed by atoms with Gasteiger partial charge in [0.25, 0.3) is 0 Å². The second-order valence-electron chi connectivity index (χ2n) is 7.67. The molecule has 0 spiro atoms. The van der Waals surface area contributed by atoms with E-state index in [-0.39, 0.29) is 11.7 Å². The van der Waals surface area contributed by atoms with E-state index in [1.165, 1.54) is 0 Å². The van der Waals surface area contributed by atoms with E-state index in [0.29, 0.717) is 44.2 Å². The molecule has 2 aromatic carbocycles. The number of carbonyl (C=O) groups excluding carboxylic acids is 2. The predicted octanol–water partition coefficient (Wildman–Crippen LogP) is 5.97. The molecule has 158 valence electrons. The maximum Gasteiger partial charge on any atom is 0.231 e. The van der Waals surface area contributed by atoms with Crippen LogP contribution in [0.3, 0.4) is 0 Å². The maximum absolute atomic E-state index is 12.9. The van der Waals surface area contributed by atoms with Crippen molar-refractivity contribution in [3.05, 3.63) is 62.6 Å². The molecule has 30 heavy (non-hydrogen) atoms. The Labute approximate surface area is 199 Å². The fourth-order valence-electron chi connectivity index (χ4n) is 3.72. The smallest absolute Gasteiger partial charge is 0.231 e. The molecule has 0 radical (unpaired) electrons. The van der Waals surface area contributed by atoms with Gasteiger partial charge in [-0.2, -0.15) is 0 Å².